The summed E-state index contributed by atoms with van der Waals surface area (Å²) < 4.78 is 17.3. The van der Waals surface area contributed by atoms with Crippen molar-refractivity contribution in [3.8, 4) is 11.4 Å². The SMILES string of the molecule is C[C@@H](NC(=O)C[S@](=O)Cc1nc(-c2ccccc2)no1)c1ccccc1. The number of carbonyl (C=O) groups excluding carboxylic acids is 1. The molecule has 1 N–H and O–H groups in total. The third-order valence-corrected chi connectivity index (χ3v) is 4.91. The molecule has 134 valence electrons. The van der Waals surface area contributed by atoms with E-state index in [1.807, 2.05) is 67.6 Å². The van der Waals surface area contributed by atoms with Crippen molar-refractivity contribution in [2.75, 3.05) is 5.75 Å². The fourth-order valence-electron chi connectivity index (χ4n) is 2.46. The van der Waals surface area contributed by atoms with Crippen molar-refractivity contribution >= 4 is 16.7 Å². The second kappa shape index (κ2) is 8.53. The molecular weight excluding hydrogens is 350 g/mol. The first-order valence-corrected chi connectivity index (χ1v) is 9.68. The Hall–Kier alpha value is -2.80. The van der Waals surface area contributed by atoms with Crippen LogP contribution in [-0.2, 0) is 21.3 Å². The lowest BCUT2D eigenvalue weighted by molar-refractivity contribution is -0.119. The summed E-state index contributed by atoms with van der Waals surface area (Å²) in [6.45, 7) is 1.89. The van der Waals surface area contributed by atoms with E-state index >= 15 is 0 Å². The number of rotatable bonds is 7. The summed E-state index contributed by atoms with van der Waals surface area (Å²) in [5.41, 5.74) is 1.82. The molecule has 6 nitrogen and oxygen atoms in total. The Kier molecular flexibility index (Phi) is 5.91. The molecule has 1 aromatic heterocycles. The molecule has 0 saturated heterocycles. The Morgan fingerprint density at radius 1 is 1.12 bits per heavy atom. The van der Waals surface area contributed by atoms with Crippen LogP contribution in [0, 0.1) is 0 Å². The molecule has 0 spiro atoms. The summed E-state index contributed by atoms with van der Waals surface area (Å²) >= 11 is 0. The van der Waals surface area contributed by atoms with Gasteiger partial charge in [-0.3, -0.25) is 9.00 Å². The number of amides is 1. The molecule has 0 aliphatic carbocycles. The molecule has 2 atom stereocenters. The quantitative estimate of drug-likeness (QED) is 0.692. The summed E-state index contributed by atoms with van der Waals surface area (Å²) in [6, 6.07) is 18.9. The van der Waals surface area contributed by atoms with Gasteiger partial charge in [0.15, 0.2) is 0 Å². The van der Waals surface area contributed by atoms with Crippen molar-refractivity contribution in [1.29, 1.82) is 0 Å². The van der Waals surface area contributed by atoms with Crippen molar-refractivity contribution in [3.63, 3.8) is 0 Å². The summed E-state index contributed by atoms with van der Waals surface area (Å²) in [4.78, 5) is 16.3. The Labute approximate surface area is 154 Å². The Balaban J connectivity index is 1.52. The summed E-state index contributed by atoms with van der Waals surface area (Å²) in [6.07, 6.45) is 0. The van der Waals surface area contributed by atoms with Crippen LogP contribution in [0.25, 0.3) is 11.4 Å². The maximum Gasteiger partial charge on any atom is 0.239 e. The molecule has 0 bridgehead atoms. The second-order valence-electron chi connectivity index (χ2n) is 5.81. The van der Waals surface area contributed by atoms with E-state index in [1.54, 1.807) is 0 Å². The van der Waals surface area contributed by atoms with Crippen LogP contribution < -0.4 is 5.32 Å². The monoisotopic (exact) mass is 369 g/mol. The molecule has 0 radical (unpaired) electrons. The molecule has 3 rings (SSSR count). The van der Waals surface area contributed by atoms with Crippen LogP contribution in [0.15, 0.2) is 65.2 Å². The van der Waals surface area contributed by atoms with Gasteiger partial charge in [0.2, 0.25) is 17.6 Å². The first-order chi connectivity index (χ1) is 12.6. The second-order valence-corrected chi connectivity index (χ2v) is 7.26. The average molecular weight is 369 g/mol. The van der Waals surface area contributed by atoms with Gasteiger partial charge in [0, 0.05) is 16.4 Å². The van der Waals surface area contributed by atoms with Gasteiger partial charge in [-0.05, 0) is 12.5 Å². The molecule has 1 heterocycles. The van der Waals surface area contributed by atoms with Crippen LogP contribution in [0.5, 0.6) is 0 Å². The van der Waals surface area contributed by atoms with Crippen LogP contribution in [0.2, 0.25) is 0 Å². The highest BCUT2D eigenvalue weighted by Crippen LogP contribution is 2.15. The minimum absolute atomic E-state index is 0.0486. The van der Waals surface area contributed by atoms with E-state index < -0.39 is 10.8 Å². The van der Waals surface area contributed by atoms with E-state index in [0.29, 0.717) is 5.82 Å². The third-order valence-electron chi connectivity index (χ3n) is 3.75. The molecule has 0 saturated carbocycles. The lowest BCUT2D eigenvalue weighted by atomic mass is 10.1. The van der Waals surface area contributed by atoms with E-state index in [9.17, 15) is 9.00 Å². The molecule has 0 aliphatic rings. The maximum absolute atomic E-state index is 12.2. The lowest BCUT2D eigenvalue weighted by Gasteiger charge is -2.13. The molecule has 3 aromatic rings. The number of hydrogen-bond acceptors (Lipinski definition) is 5. The molecule has 0 fully saturated rings. The van der Waals surface area contributed by atoms with Gasteiger partial charge < -0.3 is 9.84 Å². The minimum atomic E-state index is -1.43. The van der Waals surface area contributed by atoms with Crippen LogP contribution in [-0.4, -0.2) is 26.0 Å². The Morgan fingerprint density at radius 2 is 1.77 bits per heavy atom. The van der Waals surface area contributed by atoms with E-state index in [-0.39, 0.29) is 29.3 Å². The summed E-state index contributed by atoms with van der Waals surface area (Å²) in [7, 11) is -1.43. The first kappa shape index (κ1) is 18.0. The maximum atomic E-state index is 12.2. The number of benzene rings is 2. The third kappa shape index (κ3) is 4.86. The number of hydrogen-bond donors (Lipinski definition) is 1. The number of nitrogens with zero attached hydrogens (tertiary/aromatic N) is 2. The molecular formula is C19H19N3O3S. The number of aromatic nitrogens is 2. The fraction of sp³-hybridized carbons (Fsp3) is 0.211. The zero-order valence-electron chi connectivity index (χ0n) is 14.3. The van der Waals surface area contributed by atoms with Gasteiger partial charge in [0.25, 0.3) is 0 Å². The van der Waals surface area contributed by atoms with Crippen molar-refractivity contribution in [2.45, 2.75) is 18.7 Å². The molecule has 0 unspecified atom stereocenters. The Morgan fingerprint density at radius 3 is 2.46 bits per heavy atom. The van der Waals surface area contributed by atoms with Crippen LogP contribution in [0.3, 0.4) is 0 Å². The molecule has 1 amide bonds. The van der Waals surface area contributed by atoms with Gasteiger partial charge in [-0.1, -0.05) is 65.8 Å². The van der Waals surface area contributed by atoms with E-state index in [2.05, 4.69) is 15.5 Å². The van der Waals surface area contributed by atoms with Gasteiger partial charge in [-0.15, -0.1) is 0 Å². The predicted molar refractivity (Wildman–Crippen MR) is 99.4 cm³/mol. The predicted octanol–water partition coefficient (Wildman–Crippen LogP) is 2.86. The number of carbonyl (C=O) groups is 1. The summed E-state index contributed by atoms with van der Waals surface area (Å²) in [5, 5.41) is 6.73. The van der Waals surface area contributed by atoms with Crippen molar-refractivity contribution in [2.24, 2.45) is 0 Å². The van der Waals surface area contributed by atoms with Gasteiger partial charge >= 0.3 is 0 Å². The summed E-state index contributed by atoms with van der Waals surface area (Å²) in [5.74, 6) is 0.362. The van der Waals surface area contributed by atoms with Crippen LogP contribution in [0.4, 0.5) is 0 Å². The van der Waals surface area contributed by atoms with Gasteiger partial charge in [-0.25, -0.2) is 0 Å². The Bertz CT molecular complexity index is 881. The van der Waals surface area contributed by atoms with Crippen LogP contribution in [0.1, 0.15) is 24.4 Å². The highest BCUT2D eigenvalue weighted by Gasteiger charge is 2.16. The van der Waals surface area contributed by atoms with Gasteiger partial charge in [-0.2, -0.15) is 4.98 Å². The molecule has 2 aromatic carbocycles. The first-order valence-electron chi connectivity index (χ1n) is 8.19. The van der Waals surface area contributed by atoms with E-state index in [0.717, 1.165) is 11.1 Å². The smallest absolute Gasteiger partial charge is 0.239 e. The van der Waals surface area contributed by atoms with Crippen LogP contribution >= 0.6 is 0 Å². The van der Waals surface area contributed by atoms with Crippen molar-refractivity contribution in [3.05, 3.63) is 72.1 Å². The van der Waals surface area contributed by atoms with E-state index in [4.69, 9.17) is 4.52 Å². The molecule has 0 aliphatic heterocycles. The minimum Gasteiger partial charge on any atom is -0.349 e. The fourth-order valence-corrected chi connectivity index (χ4v) is 3.33. The van der Waals surface area contributed by atoms with Gasteiger partial charge in [0.1, 0.15) is 11.5 Å². The molecule has 7 heteroatoms. The number of nitrogens with one attached hydrogen (secondary N) is 1. The zero-order chi connectivity index (χ0) is 18.4. The van der Waals surface area contributed by atoms with Crippen molar-refractivity contribution < 1.29 is 13.5 Å². The highest BCUT2D eigenvalue weighted by atomic mass is 32.2. The van der Waals surface area contributed by atoms with E-state index in [1.165, 1.54) is 0 Å². The molecule has 26 heavy (non-hydrogen) atoms. The normalized spacial score (nSPS) is 13.1. The average Bonchev–Trinajstić information content (AvgIpc) is 3.11. The zero-order valence-corrected chi connectivity index (χ0v) is 15.1. The lowest BCUT2D eigenvalue weighted by Crippen LogP contribution is -2.31. The topological polar surface area (TPSA) is 85.1 Å². The highest BCUT2D eigenvalue weighted by molar-refractivity contribution is 7.84. The van der Waals surface area contributed by atoms with Crippen molar-refractivity contribution in [1.82, 2.24) is 15.5 Å². The van der Waals surface area contributed by atoms with Gasteiger partial charge in [0.05, 0.1) is 6.04 Å². The standard InChI is InChI=1S/C19H19N3O3S/c1-14(15-8-4-2-5-9-15)20-17(23)12-26(24)13-18-21-19(22-25-18)16-10-6-3-7-11-16/h2-11,14H,12-13H2,1H3,(H,20,23)/t14-,26+/m1/s1. The largest absolute Gasteiger partial charge is 0.349 e.